The summed E-state index contributed by atoms with van der Waals surface area (Å²) in [5.74, 6) is 1.85. The van der Waals surface area contributed by atoms with Gasteiger partial charge in [0.25, 0.3) is 0 Å². The van der Waals surface area contributed by atoms with Crippen molar-refractivity contribution in [1.29, 1.82) is 0 Å². The second-order valence-corrected chi connectivity index (χ2v) is 6.25. The van der Waals surface area contributed by atoms with Gasteiger partial charge in [0.15, 0.2) is 0 Å². The fourth-order valence-corrected chi connectivity index (χ4v) is 2.37. The van der Waals surface area contributed by atoms with Crippen molar-refractivity contribution in [2.24, 2.45) is 5.92 Å². The van der Waals surface area contributed by atoms with Crippen LogP contribution in [0, 0.1) is 19.8 Å². The molecule has 0 aromatic heterocycles. The molecule has 1 N–H and O–H groups in total. The van der Waals surface area contributed by atoms with E-state index in [2.05, 4.69) is 58.1 Å². The van der Waals surface area contributed by atoms with Crippen LogP contribution in [0.2, 0.25) is 0 Å². The minimum absolute atomic E-state index is 0.607. The third-order valence-corrected chi connectivity index (χ3v) is 4.31. The number of hydrogen-bond donors (Lipinski definition) is 1. The summed E-state index contributed by atoms with van der Waals surface area (Å²) in [6.45, 7) is 12.2. The molecule has 0 radical (unpaired) electrons. The van der Waals surface area contributed by atoms with Crippen LogP contribution >= 0.6 is 11.8 Å². The fourth-order valence-electron chi connectivity index (χ4n) is 1.49. The lowest BCUT2D eigenvalue weighted by atomic mass is 10.1. The topological polar surface area (TPSA) is 12.0 Å². The molecule has 96 valence electrons. The van der Waals surface area contributed by atoms with Crippen molar-refractivity contribution in [1.82, 2.24) is 5.32 Å². The lowest BCUT2D eigenvalue weighted by Gasteiger charge is -2.17. The van der Waals surface area contributed by atoms with Crippen LogP contribution in [0.5, 0.6) is 0 Å². The Kier molecular flexibility index (Phi) is 6.07. The monoisotopic (exact) mass is 251 g/mol. The third kappa shape index (κ3) is 5.13. The molecule has 17 heavy (non-hydrogen) atoms. The highest BCUT2D eigenvalue weighted by molar-refractivity contribution is 7.99. The van der Waals surface area contributed by atoms with Crippen LogP contribution in [0.25, 0.3) is 0 Å². The summed E-state index contributed by atoms with van der Waals surface area (Å²) in [6.07, 6.45) is 0. The zero-order valence-corrected chi connectivity index (χ0v) is 12.5. The van der Waals surface area contributed by atoms with Crippen molar-refractivity contribution in [2.75, 3.05) is 12.3 Å². The summed E-state index contributed by atoms with van der Waals surface area (Å²) >= 11 is 1.93. The highest BCUT2D eigenvalue weighted by Gasteiger charge is 2.05. The van der Waals surface area contributed by atoms with Gasteiger partial charge in [0.05, 0.1) is 0 Å². The summed E-state index contributed by atoms with van der Waals surface area (Å²) in [5, 5.41) is 3.56. The molecule has 1 nitrogen and oxygen atoms in total. The van der Waals surface area contributed by atoms with Crippen LogP contribution in [-0.2, 0) is 0 Å². The van der Waals surface area contributed by atoms with Crippen molar-refractivity contribution in [3.63, 3.8) is 0 Å². The molecule has 0 aliphatic rings. The minimum Gasteiger partial charge on any atom is -0.313 e. The second-order valence-electron chi connectivity index (χ2n) is 5.08. The van der Waals surface area contributed by atoms with Gasteiger partial charge in [-0.2, -0.15) is 0 Å². The van der Waals surface area contributed by atoms with Crippen molar-refractivity contribution >= 4 is 11.8 Å². The zero-order valence-electron chi connectivity index (χ0n) is 11.7. The molecule has 0 amide bonds. The van der Waals surface area contributed by atoms with E-state index in [1.807, 2.05) is 11.8 Å². The molecule has 0 heterocycles. The number of rotatable bonds is 6. The van der Waals surface area contributed by atoms with E-state index in [0.29, 0.717) is 12.0 Å². The molecule has 1 aromatic carbocycles. The van der Waals surface area contributed by atoms with E-state index < -0.39 is 0 Å². The number of nitrogens with one attached hydrogen (secondary N) is 1. The Bertz CT molecular complexity index is 347. The summed E-state index contributed by atoms with van der Waals surface area (Å²) in [4.78, 5) is 1.38. The first-order valence-corrected chi connectivity index (χ1v) is 7.42. The van der Waals surface area contributed by atoms with Gasteiger partial charge in [-0.3, -0.25) is 0 Å². The Hall–Kier alpha value is -0.470. The lowest BCUT2D eigenvalue weighted by Crippen LogP contribution is -2.32. The van der Waals surface area contributed by atoms with Gasteiger partial charge in [0, 0.05) is 23.2 Å². The van der Waals surface area contributed by atoms with Gasteiger partial charge in [-0.25, -0.2) is 0 Å². The predicted octanol–water partition coefficient (Wildman–Crippen LogP) is 4.03. The first-order chi connectivity index (χ1) is 8.00. The maximum absolute atomic E-state index is 3.56. The van der Waals surface area contributed by atoms with Crippen molar-refractivity contribution in [2.45, 2.75) is 45.6 Å². The summed E-state index contributed by atoms with van der Waals surface area (Å²) in [7, 11) is 0. The largest absolute Gasteiger partial charge is 0.313 e. The summed E-state index contributed by atoms with van der Waals surface area (Å²) in [6, 6.07) is 7.32. The molecule has 1 aromatic rings. The smallest absolute Gasteiger partial charge is 0.0106 e. The minimum atomic E-state index is 0.607. The van der Waals surface area contributed by atoms with E-state index in [9.17, 15) is 0 Å². The Morgan fingerprint density at radius 1 is 1.12 bits per heavy atom. The first kappa shape index (κ1) is 14.6. The van der Waals surface area contributed by atoms with Crippen LogP contribution in [0.3, 0.4) is 0 Å². The van der Waals surface area contributed by atoms with Gasteiger partial charge in [-0.1, -0.05) is 19.9 Å². The number of benzene rings is 1. The Morgan fingerprint density at radius 3 is 2.41 bits per heavy atom. The van der Waals surface area contributed by atoms with Gasteiger partial charge >= 0.3 is 0 Å². The van der Waals surface area contributed by atoms with Crippen LogP contribution in [0.1, 0.15) is 31.9 Å². The van der Waals surface area contributed by atoms with Crippen LogP contribution < -0.4 is 5.32 Å². The standard InChI is InChI=1S/C15H25NS/c1-11(2)14(5)16-8-9-17-15-7-6-12(3)13(4)10-15/h6-7,10-11,14,16H,8-9H2,1-5H3. The molecular weight excluding hydrogens is 226 g/mol. The van der Waals surface area contributed by atoms with Crippen molar-refractivity contribution in [3.8, 4) is 0 Å². The quantitative estimate of drug-likeness (QED) is 0.605. The number of hydrogen-bond acceptors (Lipinski definition) is 2. The molecule has 2 heteroatoms. The van der Waals surface area contributed by atoms with Gasteiger partial charge in [0.1, 0.15) is 0 Å². The lowest BCUT2D eigenvalue weighted by molar-refractivity contribution is 0.438. The Labute approximate surface area is 110 Å². The molecular formula is C15H25NS. The van der Waals surface area contributed by atoms with Gasteiger partial charge in [0.2, 0.25) is 0 Å². The molecule has 0 saturated carbocycles. The summed E-state index contributed by atoms with van der Waals surface area (Å²) < 4.78 is 0. The average molecular weight is 251 g/mol. The second kappa shape index (κ2) is 7.07. The van der Waals surface area contributed by atoms with E-state index in [4.69, 9.17) is 0 Å². The maximum atomic E-state index is 3.56. The molecule has 0 spiro atoms. The molecule has 1 atom stereocenters. The highest BCUT2D eigenvalue weighted by Crippen LogP contribution is 2.20. The zero-order chi connectivity index (χ0) is 12.8. The van der Waals surface area contributed by atoms with Gasteiger partial charge in [-0.15, -0.1) is 11.8 Å². The normalized spacial score (nSPS) is 13.1. The van der Waals surface area contributed by atoms with Crippen molar-refractivity contribution < 1.29 is 0 Å². The first-order valence-electron chi connectivity index (χ1n) is 6.44. The fraction of sp³-hybridized carbons (Fsp3) is 0.600. The van der Waals surface area contributed by atoms with Crippen molar-refractivity contribution in [3.05, 3.63) is 29.3 Å². The Balaban J connectivity index is 2.29. The van der Waals surface area contributed by atoms with Crippen LogP contribution in [0.15, 0.2) is 23.1 Å². The molecule has 1 unspecified atom stereocenters. The molecule has 0 aliphatic heterocycles. The molecule has 0 bridgehead atoms. The maximum Gasteiger partial charge on any atom is 0.0106 e. The molecule has 0 saturated heterocycles. The molecule has 0 aliphatic carbocycles. The van der Waals surface area contributed by atoms with E-state index in [1.54, 1.807) is 0 Å². The molecule has 1 rings (SSSR count). The predicted molar refractivity (Wildman–Crippen MR) is 78.9 cm³/mol. The number of thioether (sulfide) groups is 1. The van der Waals surface area contributed by atoms with E-state index in [1.165, 1.54) is 16.0 Å². The van der Waals surface area contributed by atoms with Gasteiger partial charge < -0.3 is 5.32 Å². The van der Waals surface area contributed by atoms with E-state index in [-0.39, 0.29) is 0 Å². The van der Waals surface area contributed by atoms with Gasteiger partial charge in [-0.05, 0) is 49.9 Å². The van der Waals surface area contributed by atoms with Crippen LogP contribution in [0.4, 0.5) is 0 Å². The van der Waals surface area contributed by atoms with E-state index >= 15 is 0 Å². The number of aryl methyl sites for hydroxylation is 2. The SMILES string of the molecule is Cc1ccc(SCCNC(C)C(C)C)cc1C. The average Bonchev–Trinajstić information content (AvgIpc) is 2.28. The summed E-state index contributed by atoms with van der Waals surface area (Å²) in [5.41, 5.74) is 2.76. The van der Waals surface area contributed by atoms with E-state index in [0.717, 1.165) is 12.3 Å². The third-order valence-electron chi connectivity index (χ3n) is 3.32. The molecule has 0 fully saturated rings. The Morgan fingerprint density at radius 2 is 1.82 bits per heavy atom. The van der Waals surface area contributed by atoms with Crippen LogP contribution in [-0.4, -0.2) is 18.3 Å². The highest BCUT2D eigenvalue weighted by atomic mass is 32.2.